The number of aromatic nitrogens is 1. The highest BCUT2D eigenvalue weighted by molar-refractivity contribution is 7.10. The van der Waals surface area contributed by atoms with Crippen molar-refractivity contribution < 1.29 is 0 Å². The Bertz CT molecular complexity index is 428. The van der Waals surface area contributed by atoms with Gasteiger partial charge in [0.25, 0.3) is 0 Å². The molecule has 2 aromatic rings. The number of hydrogen-bond donors (Lipinski definition) is 0. The fourth-order valence-electron chi connectivity index (χ4n) is 1.28. The third-order valence-electron chi connectivity index (χ3n) is 1.94. The molecule has 2 heterocycles. The van der Waals surface area contributed by atoms with Crippen molar-refractivity contribution in [1.82, 2.24) is 4.98 Å². The molecule has 2 aromatic heterocycles. The molecule has 0 N–H and O–H groups in total. The maximum atomic E-state index is 9.07. The SMILES string of the molecule is N#C[C@@H](c1ccccn1)c1cccs1. The lowest BCUT2D eigenvalue weighted by Gasteiger charge is -2.04. The van der Waals surface area contributed by atoms with Crippen LogP contribution in [-0.2, 0) is 0 Å². The third kappa shape index (κ3) is 1.66. The van der Waals surface area contributed by atoms with Crippen LogP contribution in [0.5, 0.6) is 0 Å². The van der Waals surface area contributed by atoms with E-state index in [-0.39, 0.29) is 5.92 Å². The van der Waals surface area contributed by atoms with E-state index >= 15 is 0 Å². The van der Waals surface area contributed by atoms with Gasteiger partial charge < -0.3 is 0 Å². The lowest BCUT2D eigenvalue weighted by Crippen LogP contribution is -1.97. The van der Waals surface area contributed by atoms with Gasteiger partial charge in [-0.05, 0) is 23.6 Å². The molecule has 0 fully saturated rings. The Kier molecular flexibility index (Phi) is 2.57. The largest absolute Gasteiger partial charge is 0.260 e. The summed E-state index contributed by atoms with van der Waals surface area (Å²) in [5.41, 5.74) is 0.817. The first-order valence-corrected chi connectivity index (χ1v) is 5.13. The van der Waals surface area contributed by atoms with Gasteiger partial charge >= 0.3 is 0 Å². The maximum Gasteiger partial charge on any atom is 0.122 e. The summed E-state index contributed by atoms with van der Waals surface area (Å²) in [7, 11) is 0. The summed E-state index contributed by atoms with van der Waals surface area (Å²) >= 11 is 1.59. The molecule has 14 heavy (non-hydrogen) atoms. The van der Waals surface area contributed by atoms with Crippen LogP contribution in [0, 0.1) is 11.3 Å². The Morgan fingerprint density at radius 3 is 2.79 bits per heavy atom. The van der Waals surface area contributed by atoms with E-state index in [1.165, 1.54) is 0 Å². The number of hydrogen-bond acceptors (Lipinski definition) is 3. The highest BCUT2D eigenvalue weighted by Crippen LogP contribution is 2.25. The predicted octanol–water partition coefficient (Wildman–Crippen LogP) is 2.80. The van der Waals surface area contributed by atoms with Gasteiger partial charge in [-0.3, -0.25) is 4.98 Å². The summed E-state index contributed by atoms with van der Waals surface area (Å²) in [5.74, 6) is -0.226. The molecule has 0 saturated carbocycles. The molecule has 0 saturated heterocycles. The summed E-state index contributed by atoms with van der Waals surface area (Å²) in [6.07, 6.45) is 1.72. The van der Waals surface area contributed by atoms with E-state index in [0.29, 0.717) is 0 Å². The minimum Gasteiger partial charge on any atom is -0.260 e. The standard InChI is InChI=1S/C11H8N2S/c12-8-9(11-5-3-7-14-11)10-4-1-2-6-13-10/h1-7,9H/t9-/m0/s1. The Morgan fingerprint density at radius 2 is 2.21 bits per heavy atom. The van der Waals surface area contributed by atoms with Gasteiger partial charge in [-0.25, -0.2) is 0 Å². The highest BCUT2D eigenvalue weighted by atomic mass is 32.1. The van der Waals surface area contributed by atoms with E-state index in [9.17, 15) is 0 Å². The zero-order valence-electron chi connectivity index (χ0n) is 7.42. The molecule has 0 radical (unpaired) electrons. The zero-order valence-corrected chi connectivity index (χ0v) is 8.24. The summed E-state index contributed by atoms with van der Waals surface area (Å²) in [4.78, 5) is 5.24. The maximum absolute atomic E-state index is 9.07. The second-order valence-corrected chi connectivity index (χ2v) is 3.81. The number of pyridine rings is 1. The average Bonchev–Trinajstić information content (AvgIpc) is 2.74. The Hall–Kier alpha value is -1.66. The van der Waals surface area contributed by atoms with E-state index in [1.54, 1.807) is 17.5 Å². The minimum absolute atomic E-state index is 0.226. The van der Waals surface area contributed by atoms with Gasteiger partial charge in [-0.1, -0.05) is 12.1 Å². The number of nitriles is 1. The topological polar surface area (TPSA) is 36.7 Å². The summed E-state index contributed by atoms with van der Waals surface area (Å²) in [5, 5.41) is 11.0. The monoisotopic (exact) mass is 200 g/mol. The first-order valence-electron chi connectivity index (χ1n) is 4.26. The van der Waals surface area contributed by atoms with Gasteiger partial charge in [-0.2, -0.15) is 5.26 Å². The third-order valence-corrected chi connectivity index (χ3v) is 2.88. The zero-order chi connectivity index (χ0) is 9.80. The van der Waals surface area contributed by atoms with Crippen LogP contribution in [0.25, 0.3) is 0 Å². The molecular formula is C11H8N2S. The first kappa shape index (κ1) is 8.92. The first-order chi connectivity index (χ1) is 6.92. The van der Waals surface area contributed by atoms with Gasteiger partial charge in [0.05, 0.1) is 11.8 Å². The normalized spacial score (nSPS) is 11.9. The molecule has 0 bridgehead atoms. The van der Waals surface area contributed by atoms with Crippen molar-refractivity contribution in [2.24, 2.45) is 0 Å². The van der Waals surface area contributed by atoms with Gasteiger partial charge in [0, 0.05) is 11.1 Å². The average molecular weight is 200 g/mol. The molecule has 3 heteroatoms. The molecule has 2 nitrogen and oxygen atoms in total. The lowest BCUT2D eigenvalue weighted by atomic mass is 10.1. The van der Waals surface area contributed by atoms with E-state index < -0.39 is 0 Å². The van der Waals surface area contributed by atoms with Crippen LogP contribution in [0.2, 0.25) is 0 Å². The lowest BCUT2D eigenvalue weighted by molar-refractivity contribution is 0.988. The van der Waals surface area contributed by atoms with Crippen LogP contribution in [0.4, 0.5) is 0 Å². The number of nitrogens with zero attached hydrogens (tertiary/aromatic N) is 2. The minimum atomic E-state index is -0.226. The van der Waals surface area contributed by atoms with Gasteiger partial charge in [0.15, 0.2) is 0 Å². The van der Waals surface area contributed by atoms with Crippen LogP contribution >= 0.6 is 11.3 Å². The predicted molar refractivity (Wildman–Crippen MR) is 56.0 cm³/mol. The van der Waals surface area contributed by atoms with Crippen molar-refractivity contribution in [2.75, 3.05) is 0 Å². The van der Waals surface area contributed by atoms with Crippen molar-refractivity contribution in [1.29, 1.82) is 5.26 Å². The molecule has 0 aliphatic rings. The van der Waals surface area contributed by atoms with Gasteiger partial charge in [0.2, 0.25) is 0 Å². The molecule has 0 unspecified atom stereocenters. The molecule has 0 aromatic carbocycles. The Morgan fingerprint density at radius 1 is 1.29 bits per heavy atom. The number of thiophene rings is 1. The molecule has 68 valence electrons. The van der Waals surface area contributed by atoms with Crippen LogP contribution in [0.1, 0.15) is 16.5 Å². The van der Waals surface area contributed by atoms with E-state index in [4.69, 9.17) is 5.26 Å². The van der Waals surface area contributed by atoms with Crippen LogP contribution in [0.3, 0.4) is 0 Å². The summed E-state index contributed by atoms with van der Waals surface area (Å²) < 4.78 is 0. The quantitative estimate of drug-likeness (QED) is 0.747. The van der Waals surface area contributed by atoms with Crippen LogP contribution in [0.15, 0.2) is 41.9 Å². The van der Waals surface area contributed by atoms with E-state index in [2.05, 4.69) is 11.1 Å². The van der Waals surface area contributed by atoms with E-state index in [1.807, 2.05) is 35.7 Å². The number of rotatable bonds is 2. The Balaban J connectivity index is 2.38. The molecule has 0 aliphatic carbocycles. The van der Waals surface area contributed by atoms with Crippen molar-refractivity contribution >= 4 is 11.3 Å². The van der Waals surface area contributed by atoms with Crippen LogP contribution in [-0.4, -0.2) is 4.98 Å². The smallest absolute Gasteiger partial charge is 0.122 e. The van der Waals surface area contributed by atoms with Gasteiger partial charge in [-0.15, -0.1) is 11.3 Å². The fourth-order valence-corrected chi connectivity index (χ4v) is 2.06. The van der Waals surface area contributed by atoms with E-state index in [0.717, 1.165) is 10.6 Å². The molecule has 0 spiro atoms. The van der Waals surface area contributed by atoms with Crippen LogP contribution < -0.4 is 0 Å². The van der Waals surface area contributed by atoms with Crippen molar-refractivity contribution in [3.63, 3.8) is 0 Å². The highest BCUT2D eigenvalue weighted by Gasteiger charge is 2.14. The summed E-state index contributed by atoms with van der Waals surface area (Å²) in [6.45, 7) is 0. The fraction of sp³-hybridized carbons (Fsp3) is 0.0909. The Labute approximate surface area is 86.5 Å². The summed E-state index contributed by atoms with van der Waals surface area (Å²) in [6, 6.07) is 11.8. The molecule has 2 rings (SSSR count). The van der Waals surface area contributed by atoms with Crippen molar-refractivity contribution in [3.8, 4) is 6.07 Å². The van der Waals surface area contributed by atoms with Crippen molar-refractivity contribution in [2.45, 2.75) is 5.92 Å². The van der Waals surface area contributed by atoms with Crippen molar-refractivity contribution in [3.05, 3.63) is 52.5 Å². The molecule has 0 aliphatic heterocycles. The molecule has 0 amide bonds. The molecular weight excluding hydrogens is 192 g/mol. The molecule has 1 atom stereocenters. The van der Waals surface area contributed by atoms with Gasteiger partial charge in [0.1, 0.15) is 5.92 Å². The second kappa shape index (κ2) is 4.03. The second-order valence-electron chi connectivity index (χ2n) is 2.83.